The van der Waals surface area contributed by atoms with E-state index >= 15 is 0 Å². The summed E-state index contributed by atoms with van der Waals surface area (Å²) in [6.45, 7) is 3.04. The molecule has 3 saturated heterocycles. The number of hydrogen-bond acceptors (Lipinski definition) is 6. The first-order chi connectivity index (χ1) is 21.3. The maximum atomic E-state index is 14.3. The van der Waals surface area contributed by atoms with Gasteiger partial charge in [0.25, 0.3) is 5.91 Å². The van der Waals surface area contributed by atoms with Crippen LogP contribution in [-0.2, 0) is 19.8 Å². The van der Waals surface area contributed by atoms with Crippen molar-refractivity contribution in [3.8, 4) is 0 Å². The Morgan fingerprint density at radius 3 is 2.56 bits per heavy atom. The lowest BCUT2D eigenvalue weighted by molar-refractivity contribution is -0.149. The van der Waals surface area contributed by atoms with Gasteiger partial charge in [-0.3, -0.25) is 23.9 Å². The number of nitrogens with zero attached hydrogens (tertiary/aromatic N) is 3. The Kier molecular flexibility index (Phi) is 7.39. The number of halogens is 2. The first kappa shape index (κ1) is 30.4. The Hall–Kier alpha value is -3.25. The second-order valence-corrected chi connectivity index (χ2v) is 15.6. The predicted octanol–water partition coefficient (Wildman–Crippen LogP) is 4.35. The highest BCUT2D eigenvalue weighted by molar-refractivity contribution is 7.52. The van der Waals surface area contributed by atoms with Crippen LogP contribution in [0.2, 0.25) is 0 Å². The van der Waals surface area contributed by atoms with Gasteiger partial charge >= 0.3 is 13.3 Å². The molecule has 4 fully saturated rings. The quantitative estimate of drug-likeness (QED) is 0.335. The highest BCUT2D eigenvalue weighted by Crippen LogP contribution is 2.59. The monoisotopic (exact) mass is 658 g/mol. The van der Waals surface area contributed by atoms with Gasteiger partial charge in [0, 0.05) is 46.7 Å². The van der Waals surface area contributed by atoms with Crippen LogP contribution in [0.5, 0.6) is 0 Å². The smallest absolute Gasteiger partial charge is 0.340 e. The van der Waals surface area contributed by atoms with E-state index < -0.39 is 36.8 Å². The van der Waals surface area contributed by atoms with Crippen LogP contribution in [0.1, 0.15) is 64.6 Å². The van der Waals surface area contributed by atoms with Crippen molar-refractivity contribution in [3.05, 3.63) is 64.3 Å². The van der Waals surface area contributed by atoms with Crippen molar-refractivity contribution in [2.24, 2.45) is 11.8 Å². The van der Waals surface area contributed by atoms with Gasteiger partial charge in [-0.2, -0.15) is 8.78 Å². The molecule has 238 valence electrons. The molecular weight excluding hydrogens is 625 g/mol. The second kappa shape index (κ2) is 10.9. The number of likely N-dealkylation sites (tertiary alicyclic amines) is 1. The number of aryl methyl sites for hydroxylation is 1. The van der Waals surface area contributed by atoms with Crippen LogP contribution in [-0.4, -0.2) is 73.5 Å². The first-order valence-electron chi connectivity index (χ1n) is 15.1. The number of alkyl halides is 2. The summed E-state index contributed by atoms with van der Waals surface area (Å²) in [5.41, 5.74) is -3.33. The molecule has 0 radical (unpaired) electrons. The van der Waals surface area contributed by atoms with Crippen LogP contribution >= 0.6 is 18.9 Å². The molecule has 7 rings (SSSR count). The summed E-state index contributed by atoms with van der Waals surface area (Å²) >= 11 is 1.04. The lowest BCUT2D eigenvalue weighted by atomic mass is 9.94. The zero-order valence-electron chi connectivity index (χ0n) is 24.4. The van der Waals surface area contributed by atoms with Crippen molar-refractivity contribution in [2.45, 2.75) is 68.7 Å². The Labute approximate surface area is 262 Å². The van der Waals surface area contributed by atoms with Gasteiger partial charge in [-0.15, -0.1) is 11.3 Å². The molecule has 1 aliphatic carbocycles. The molecule has 1 saturated carbocycles. The number of benzene rings is 1. The standard InChI is InChI=1S/C31H33F2N4O6PS/c1-16-3-2-4-23(34-16)20-14-36(15-20)30(40)25-7-6-22-11-17-9-18(17)12-24(29(39)37(22)25)35-28(38)27-13-19-10-21(5-8-26(19)45-27)31(32,33)44(41,42)43/h2-5,8,10,13,17-18,20,22,24-25H,6-7,9,11-12,14-15H2,1H3,(H,35,38)(H2,41,42,43)/t17-,18+,22+,24-,25-/m0/s1. The molecule has 4 aliphatic rings. The number of thiophene rings is 1. The zero-order valence-corrected chi connectivity index (χ0v) is 26.1. The number of nitrogens with one attached hydrogen (secondary N) is 1. The summed E-state index contributed by atoms with van der Waals surface area (Å²) in [5, 5.41) is 3.11. The van der Waals surface area contributed by atoms with Gasteiger partial charge in [-0.05, 0) is 86.6 Å². The van der Waals surface area contributed by atoms with Gasteiger partial charge in [-0.1, -0.05) is 12.1 Å². The molecule has 0 spiro atoms. The van der Waals surface area contributed by atoms with Crippen molar-refractivity contribution in [3.63, 3.8) is 0 Å². The maximum absolute atomic E-state index is 14.3. The van der Waals surface area contributed by atoms with Crippen LogP contribution in [0, 0.1) is 18.8 Å². The molecular formula is C31H33F2N4O6PS. The molecule has 45 heavy (non-hydrogen) atoms. The predicted molar refractivity (Wildman–Crippen MR) is 162 cm³/mol. The first-order valence-corrected chi connectivity index (χ1v) is 17.6. The van der Waals surface area contributed by atoms with E-state index in [4.69, 9.17) is 9.79 Å². The number of pyridine rings is 1. The Balaban J connectivity index is 1.07. The number of hydrogen-bond donors (Lipinski definition) is 3. The average Bonchev–Trinajstić information content (AvgIpc) is 3.33. The summed E-state index contributed by atoms with van der Waals surface area (Å²) in [4.78, 5) is 67.7. The summed E-state index contributed by atoms with van der Waals surface area (Å²) < 4.78 is 40.4. The van der Waals surface area contributed by atoms with E-state index in [0.717, 1.165) is 54.1 Å². The Morgan fingerprint density at radius 1 is 1.07 bits per heavy atom. The van der Waals surface area contributed by atoms with Crippen LogP contribution in [0.25, 0.3) is 10.1 Å². The van der Waals surface area contributed by atoms with Crippen molar-refractivity contribution in [1.82, 2.24) is 20.1 Å². The number of rotatable bonds is 6. The summed E-state index contributed by atoms with van der Waals surface area (Å²) in [7, 11) is -5.75. The third-order valence-corrected chi connectivity index (χ3v) is 11.9. The van der Waals surface area contributed by atoms with Crippen molar-refractivity contribution >= 4 is 46.7 Å². The van der Waals surface area contributed by atoms with Gasteiger partial charge in [0.2, 0.25) is 11.8 Å². The Morgan fingerprint density at radius 2 is 1.82 bits per heavy atom. The molecule has 3 amide bonds. The summed E-state index contributed by atoms with van der Waals surface area (Å²) in [5.74, 6) is 0.0445. The number of carbonyl (C=O) groups excluding carboxylic acids is 3. The molecule has 3 aliphatic heterocycles. The lowest BCUT2D eigenvalue weighted by Crippen LogP contribution is -2.59. The van der Waals surface area contributed by atoms with E-state index in [2.05, 4.69) is 10.3 Å². The molecule has 3 N–H and O–H groups in total. The van der Waals surface area contributed by atoms with Gasteiger partial charge < -0.3 is 24.9 Å². The molecule has 3 aromatic rings. The highest BCUT2D eigenvalue weighted by atomic mass is 32.1. The fraction of sp³-hybridized carbons (Fsp3) is 0.484. The van der Waals surface area contributed by atoms with Crippen LogP contribution < -0.4 is 5.32 Å². The fourth-order valence-electron chi connectivity index (χ4n) is 7.22. The molecule has 5 atom stereocenters. The second-order valence-electron chi connectivity index (χ2n) is 12.8. The fourth-order valence-corrected chi connectivity index (χ4v) is 8.64. The third-order valence-electron chi connectivity index (χ3n) is 9.80. The molecule has 10 nitrogen and oxygen atoms in total. The topological polar surface area (TPSA) is 140 Å². The third kappa shape index (κ3) is 5.47. The van der Waals surface area contributed by atoms with Crippen LogP contribution in [0.15, 0.2) is 42.5 Å². The largest absolute Gasteiger partial charge is 0.399 e. The number of carbonyl (C=O) groups is 3. The minimum absolute atomic E-state index is 0.0601. The molecule has 2 aromatic heterocycles. The van der Waals surface area contributed by atoms with E-state index in [1.165, 1.54) is 12.1 Å². The van der Waals surface area contributed by atoms with E-state index in [0.29, 0.717) is 42.5 Å². The zero-order chi connectivity index (χ0) is 31.8. The van der Waals surface area contributed by atoms with E-state index in [9.17, 15) is 27.7 Å². The SMILES string of the molecule is Cc1cccc(C2CN(C(=O)[C@@H]3CC[C@@H]4C[C@@H]5C[C@@H]5C[C@H](NC(=O)c5cc6cc(C(F)(F)P(=O)(O)O)ccc6s5)C(=O)N43)C2)n1. The van der Waals surface area contributed by atoms with Crippen molar-refractivity contribution in [1.29, 1.82) is 0 Å². The van der Waals surface area contributed by atoms with Crippen molar-refractivity contribution in [2.75, 3.05) is 13.1 Å². The van der Waals surface area contributed by atoms with Gasteiger partial charge in [0.1, 0.15) is 12.1 Å². The molecule has 5 heterocycles. The maximum Gasteiger partial charge on any atom is 0.399 e. The summed E-state index contributed by atoms with van der Waals surface area (Å²) in [6, 6.07) is 8.99. The molecule has 14 heteroatoms. The van der Waals surface area contributed by atoms with Crippen LogP contribution in [0.3, 0.4) is 0 Å². The lowest BCUT2D eigenvalue weighted by Gasteiger charge is -2.43. The van der Waals surface area contributed by atoms with Crippen LogP contribution in [0.4, 0.5) is 8.78 Å². The molecule has 1 aromatic carbocycles. The summed E-state index contributed by atoms with van der Waals surface area (Å²) in [6.07, 6.45) is 3.61. The number of aromatic nitrogens is 1. The van der Waals surface area contributed by atoms with E-state index in [-0.39, 0.29) is 34.0 Å². The number of amides is 3. The van der Waals surface area contributed by atoms with Gasteiger partial charge in [0.05, 0.1) is 4.88 Å². The molecule has 0 unspecified atom stereocenters. The number of fused-ring (bicyclic) bond motifs is 3. The van der Waals surface area contributed by atoms with E-state index in [1.807, 2.05) is 25.1 Å². The molecule has 0 bridgehead atoms. The minimum atomic E-state index is -5.75. The average molecular weight is 659 g/mol. The normalized spacial score (nSPS) is 27.0. The highest BCUT2D eigenvalue weighted by Gasteiger charge is 2.53. The van der Waals surface area contributed by atoms with E-state index in [1.54, 1.807) is 9.80 Å². The van der Waals surface area contributed by atoms with Gasteiger partial charge in [0.15, 0.2) is 0 Å². The van der Waals surface area contributed by atoms with Gasteiger partial charge in [-0.25, -0.2) is 0 Å². The Bertz CT molecular complexity index is 1760. The van der Waals surface area contributed by atoms with Crippen molar-refractivity contribution < 1.29 is 37.5 Å². The minimum Gasteiger partial charge on any atom is -0.340 e.